The second kappa shape index (κ2) is 12.9. The summed E-state index contributed by atoms with van der Waals surface area (Å²) in [6.45, 7) is 3.64. The van der Waals surface area contributed by atoms with Crippen LogP contribution in [0.3, 0.4) is 0 Å². The summed E-state index contributed by atoms with van der Waals surface area (Å²) in [5.41, 5.74) is 3.59. The number of nitrogens with zero attached hydrogens (tertiary/aromatic N) is 2. The summed E-state index contributed by atoms with van der Waals surface area (Å²) in [4.78, 5) is 39.8. The van der Waals surface area contributed by atoms with E-state index >= 15 is 0 Å². The molecular weight excluding hydrogens is 571 g/mol. The smallest absolute Gasteiger partial charge is 0.475 e. The summed E-state index contributed by atoms with van der Waals surface area (Å²) in [5.74, 6) is -2.58. The van der Waals surface area contributed by atoms with Crippen molar-refractivity contribution < 1.29 is 32.7 Å². The van der Waals surface area contributed by atoms with Crippen LogP contribution < -0.4 is 10.2 Å². The standard InChI is InChI=1S/C32H31N3O2.C2HF3O2/c36-30(27-15-14-25-10-4-5-11-26(25)22-27)33-18-21-34-19-16-32(17-20-34)28-12-6-7-13-29(28)35(31(32)37)23-24-8-2-1-3-9-24;3-2(4,5)1(6)7/h1-15,22H,16-21,23H2,(H,33,36);(H,6,7). The maximum atomic E-state index is 13.9. The zero-order valence-electron chi connectivity index (χ0n) is 23.9. The second-order valence-electron chi connectivity index (χ2n) is 10.9. The lowest BCUT2D eigenvalue weighted by Gasteiger charge is -2.38. The van der Waals surface area contributed by atoms with Gasteiger partial charge in [-0.05, 0) is 66.0 Å². The lowest BCUT2D eigenvalue weighted by Crippen LogP contribution is -2.49. The molecule has 2 aliphatic rings. The van der Waals surface area contributed by atoms with Gasteiger partial charge in [-0.2, -0.15) is 13.2 Å². The summed E-state index contributed by atoms with van der Waals surface area (Å²) in [5, 5.41) is 12.4. The van der Waals surface area contributed by atoms with Crippen LogP contribution in [-0.4, -0.2) is 60.1 Å². The van der Waals surface area contributed by atoms with Crippen molar-refractivity contribution in [3.8, 4) is 0 Å². The van der Waals surface area contributed by atoms with Crippen molar-refractivity contribution in [2.75, 3.05) is 31.1 Å². The highest BCUT2D eigenvalue weighted by Gasteiger charge is 2.51. The van der Waals surface area contributed by atoms with Gasteiger partial charge < -0.3 is 20.2 Å². The van der Waals surface area contributed by atoms with Gasteiger partial charge in [0.25, 0.3) is 5.91 Å². The molecule has 44 heavy (non-hydrogen) atoms. The minimum Gasteiger partial charge on any atom is -0.475 e. The number of carboxylic acids is 1. The third-order valence-corrected chi connectivity index (χ3v) is 8.23. The number of carbonyl (C=O) groups excluding carboxylic acids is 2. The lowest BCUT2D eigenvalue weighted by molar-refractivity contribution is -0.192. The Balaban J connectivity index is 0.000000493. The van der Waals surface area contributed by atoms with Gasteiger partial charge in [0.15, 0.2) is 0 Å². The molecule has 7 nitrogen and oxygen atoms in total. The zero-order chi connectivity index (χ0) is 31.3. The lowest BCUT2D eigenvalue weighted by atomic mass is 9.73. The molecule has 0 aromatic heterocycles. The Morgan fingerprint density at radius 1 is 0.841 bits per heavy atom. The van der Waals surface area contributed by atoms with Crippen LogP contribution in [0.1, 0.15) is 34.3 Å². The van der Waals surface area contributed by atoms with Crippen LogP contribution >= 0.6 is 0 Å². The number of halogens is 3. The van der Waals surface area contributed by atoms with Gasteiger partial charge in [-0.15, -0.1) is 0 Å². The number of carbonyl (C=O) groups is 3. The van der Waals surface area contributed by atoms with E-state index in [0.29, 0.717) is 18.7 Å². The molecule has 4 aromatic carbocycles. The molecule has 0 atom stereocenters. The largest absolute Gasteiger partial charge is 0.490 e. The van der Waals surface area contributed by atoms with E-state index < -0.39 is 17.6 Å². The fraction of sp³-hybridized carbons (Fsp3) is 0.265. The maximum Gasteiger partial charge on any atom is 0.490 e. The molecule has 1 saturated heterocycles. The predicted octanol–water partition coefficient (Wildman–Crippen LogP) is 5.78. The highest BCUT2D eigenvalue weighted by molar-refractivity contribution is 6.08. The SMILES string of the molecule is O=C(NCCN1CCC2(CC1)C(=O)N(Cc1ccccc1)c1ccccc12)c1ccc2ccccc2c1.O=C(O)C(F)(F)F. The van der Waals surface area contributed by atoms with E-state index in [0.717, 1.165) is 54.5 Å². The van der Waals surface area contributed by atoms with Crippen LogP contribution in [0.2, 0.25) is 0 Å². The monoisotopic (exact) mass is 603 g/mol. The van der Waals surface area contributed by atoms with Crippen molar-refractivity contribution >= 4 is 34.2 Å². The first-order chi connectivity index (χ1) is 21.1. The summed E-state index contributed by atoms with van der Waals surface area (Å²) in [6.07, 6.45) is -3.49. The van der Waals surface area contributed by atoms with Crippen molar-refractivity contribution in [1.29, 1.82) is 0 Å². The molecule has 0 bridgehead atoms. The van der Waals surface area contributed by atoms with Gasteiger partial charge in [-0.3, -0.25) is 9.59 Å². The van der Waals surface area contributed by atoms with Crippen molar-refractivity contribution in [3.05, 3.63) is 114 Å². The molecule has 2 N–H and O–H groups in total. The zero-order valence-corrected chi connectivity index (χ0v) is 23.9. The molecule has 2 aliphatic heterocycles. The molecule has 0 radical (unpaired) electrons. The second-order valence-corrected chi connectivity index (χ2v) is 10.9. The number of nitrogens with one attached hydrogen (secondary N) is 1. The number of para-hydroxylation sites is 1. The Labute approximate surface area is 252 Å². The number of anilines is 1. The number of likely N-dealkylation sites (tertiary alicyclic amines) is 1. The molecular formula is C34H32F3N3O4. The molecule has 1 fully saturated rings. The third-order valence-electron chi connectivity index (χ3n) is 8.23. The van der Waals surface area contributed by atoms with Gasteiger partial charge in [0, 0.05) is 24.3 Å². The first-order valence-electron chi connectivity index (χ1n) is 14.3. The van der Waals surface area contributed by atoms with E-state index in [9.17, 15) is 22.8 Å². The van der Waals surface area contributed by atoms with Gasteiger partial charge in [-0.1, -0.05) is 78.9 Å². The molecule has 228 valence electrons. The number of fused-ring (bicyclic) bond motifs is 3. The Hall–Kier alpha value is -4.70. The predicted molar refractivity (Wildman–Crippen MR) is 161 cm³/mol. The fourth-order valence-corrected chi connectivity index (χ4v) is 5.92. The molecule has 1 spiro atoms. The van der Waals surface area contributed by atoms with Crippen LogP contribution in [0.25, 0.3) is 10.8 Å². The summed E-state index contributed by atoms with van der Waals surface area (Å²) < 4.78 is 31.7. The normalized spacial score (nSPS) is 15.9. The number of amides is 2. The van der Waals surface area contributed by atoms with E-state index in [2.05, 4.69) is 46.6 Å². The molecule has 2 heterocycles. The molecule has 0 saturated carbocycles. The van der Waals surface area contributed by atoms with Crippen LogP contribution in [-0.2, 0) is 21.5 Å². The highest BCUT2D eigenvalue weighted by atomic mass is 19.4. The minimum atomic E-state index is -5.08. The third kappa shape index (κ3) is 6.60. The first-order valence-corrected chi connectivity index (χ1v) is 14.3. The van der Waals surface area contributed by atoms with Crippen LogP contribution in [0.4, 0.5) is 18.9 Å². The van der Waals surface area contributed by atoms with Crippen LogP contribution in [0.5, 0.6) is 0 Å². The van der Waals surface area contributed by atoms with E-state index in [1.54, 1.807) is 0 Å². The van der Waals surface area contributed by atoms with E-state index in [1.807, 2.05) is 65.6 Å². The maximum absolute atomic E-state index is 13.9. The highest BCUT2D eigenvalue weighted by Crippen LogP contribution is 2.48. The van der Waals surface area contributed by atoms with Gasteiger partial charge >= 0.3 is 12.1 Å². The number of aliphatic carboxylic acids is 1. The van der Waals surface area contributed by atoms with Crippen LogP contribution in [0, 0.1) is 0 Å². The quantitative estimate of drug-likeness (QED) is 0.292. The fourth-order valence-electron chi connectivity index (χ4n) is 5.92. The topological polar surface area (TPSA) is 90.0 Å². The molecule has 6 rings (SSSR count). The molecule has 4 aromatic rings. The summed E-state index contributed by atoms with van der Waals surface area (Å²) in [7, 11) is 0. The number of alkyl halides is 3. The van der Waals surface area contributed by atoms with Gasteiger partial charge in [0.1, 0.15) is 0 Å². The summed E-state index contributed by atoms with van der Waals surface area (Å²) in [6, 6.07) is 32.4. The molecule has 0 aliphatic carbocycles. The van der Waals surface area contributed by atoms with Gasteiger partial charge in [0.05, 0.1) is 12.0 Å². The number of benzene rings is 4. The van der Waals surface area contributed by atoms with E-state index in [-0.39, 0.29) is 11.8 Å². The number of carboxylic acid groups (broad SMARTS) is 1. The van der Waals surface area contributed by atoms with Gasteiger partial charge in [0.2, 0.25) is 5.91 Å². The van der Waals surface area contributed by atoms with Crippen molar-refractivity contribution in [1.82, 2.24) is 10.2 Å². The van der Waals surface area contributed by atoms with Crippen molar-refractivity contribution in [3.63, 3.8) is 0 Å². The van der Waals surface area contributed by atoms with Crippen molar-refractivity contribution in [2.24, 2.45) is 0 Å². The van der Waals surface area contributed by atoms with E-state index in [4.69, 9.17) is 9.90 Å². The Kier molecular flexibility index (Phi) is 9.01. The van der Waals surface area contributed by atoms with Gasteiger partial charge in [-0.25, -0.2) is 4.79 Å². The Morgan fingerprint density at radius 2 is 1.45 bits per heavy atom. The number of rotatable bonds is 6. The number of hydrogen-bond acceptors (Lipinski definition) is 4. The average Bonchev–Trinajstić information content (AvgIpc) is 3.24. The van der Waals surface area contributed by atoms with Crippen LogP contribution in [0.15, 0.2) is 97.1 Å². The number of hydrogen-bond donors (Lipinski definition) is 2. The Morgan fingerprint density at radius 3 is 2.14 bits per heavy atom. The Bertz CT molecular complexity index is 1650. The average molecular weight is 604 g/mol. The molecule has 0 unspecified atom stereocenters. The minimum absolute atomic E-state index is 0.0457. The first kappa shape index (κ1) is 30.7. The number of piperidine rings is 1. The molecule has 10 heteroatoms. The van der Waals surface area contributed by atoms with E-state index in [1.165, 1.54) is 5.56 Å². The summed E-state index contributed by atoms with van der Waals surface area (Å²) >= 11 is 0. The van der Waals surface area contributed by atoms with Crippen molar-refractivity contribution in [2.45, 2.75) is 31.0 Å². The molecule has 2 amide bonds.